The van der Waals surface area contributed by atoms with E-state index >= 15 is 0 Å². The summed E-state index contributed by atoms with van der Waals surface area (Å²) in [7, 11) is 3.45. The van der Waals surface area contributed by atoms with E-state index < -0.39 is 0 Å². The number of ether oxygens (including phenoxy) is 2. The molecule has 22 heavy (non-hydrogen) atoms. The van der Waals surface area contributed by atoms with E-state index in [1.807, 2.05) is 31.3 Å². The molecule has 1 amide bonds. The molecule has 1 aromatic rings. The number of halogens is 1. The highest BCUT2D eigenvalue weighted by molar-refractivity contribution is 5.85. The van der Waals surface area contributed by atoms with E-state index in [4.69, 9.17) is 9.47 Å². The van der Waals surface area contributed by atoms with Crippen molar-refractivity contribution in [3.05, 3.63) is 24.3 Å². The fourth-order valence-corrected chi connectivity index (χ4v) is 2.52. The smallest absolute Gasteiger partial charge is 0.226 e. The number of carbonyl (C=O) groups excluding carboxylic acids is 1. The number of benzene rings is 1. The standard InChI is InChI=1S/C16H24N2O3.ClH/c1-18(16(19)13-6-5-9-17-12-13)10-11-21-15-8-4-3-7-14(15)20-2;/h3-4,7-8,13,17H,5-6,9-12H2,1-2H3;1H. The Hall–Kier alpha value is -1.46. The molecule has 1 unspecified atom stereocenters. The third-order valence-corrected chi connectivity index (χ3v) is 3.78. The minimum Gasteiger partial charge on any atom is -0.493 e. The average molecular weight is 329 g/mol. The lowest BCUT2D eigenvalue weighted by Crippen LogP contribution is -2.42. The summed E-state index contributed by atoms with van der Waals surface area (Å²) in [5.74, 6) is 1.73. The van der Waals surface area contributed by atoms with Gasteiger partial charge in [-0.2, -0.15) is 0 Å². The molecule has 0 radical (unpaired) electrons. The maximum Gasteiger partial charge on any atom is 0.226 e. The van der Waals surface area contributed by atoms with Gasteiger partial charge in [0.2, 0.25) is 5.91 Å². The Bertz CT molecular complexity index is 464. The van der Waals surface area contributed by atoms with E-state index in [0.717, 1.165) is 25.9 Å². The van der Waals surface area contributed by atoms with E-state index in [1.54, 1.807) is 12.0 Å². The van der Waals surface area contributed by atoms with Gasteiger partial charge in [0.05, 0.1) is 19.6 Å². The van der Waals surface area contributed by atoms with E-state index in [0.29, 0.717) is 24.7 Å². The van der Waals surface area contributed by atoms with Crippen LogP contribution in [0.15, 0.2) is 24.3 Å². The Morgan fingerprint density at radius 3 is 2.73 bits per heavy atom. The van der Waals surface area contributed by atoms with Crippen LogP contribution in [0.4, 0.5) is 0 Å². The predicted octanol–water partition coefficient (Wildman–Crippen LogP) is 1.95. The van der Waals surface area contributed by atoms with E-state index in [1.165, 1.54) is 0 Å². The number of carbonyl (C=O) groups is 1. The van der Waals surface area contributed by atoms with E-state index in [2.05, 4.69) is 5.32 Å². The van der Waals surface area contributed by atoms with Crippen molar-refractivity contribution in [3.8, 4) is 11.5 Å². The van der Waals surface area contributed by atoms with Gasteiger partial charge in [-0.05, 0) is 31.5 Å². The number of hydrogen-bond acceptors (Lipinski definition) is 4. The molecule has 0 aromatic heterocycles. The van der Waals surface area contributed by atoms with Gasteiger partial charge in [0.25, 0.3) is 0 Å². The van der Waals surface area contributed by atoms with Gasteiger partial charge < -0.3 is 19.7 Å². The number of hydrogen-bond donors (Lipinski definition) is 1. The first-order chi connectivity index (χ1) is 10.2. The van der Waals surface area contributed by atoms with Crippen LogP contribution < -0.4 is 14.8 Å². The summed E-state index contributed by atoms with van der Waals surface area (Å²) in [4.78, 5) is 14.0. The molecule has 1 heterocycles. The van der Waals surface area contributed by atoms with Crippen molar-refractivity contribution in [2.45, 2.75) is 12.8 Å². The summed E-state index contributed by atoms with van der Waals surface area (Å²) < 4.78 is 10.9. The average Bonchev–Trinajstić information content (AvgIpc) is 2.55. The minimum atomic E-state index is 0. The Balaban J connectivity index is 0.00000242. The maximum atomic E-state index is 12.3. The molecule has 0 saturated carbocycles. The lowest BCUT2D eigenvalue weighted by atomic mass is 9.98. The van der Waals surface area contributed by atoms with Crippen LogP contribution in [0.3, 0.4) is 0 Å². The molecular weight excluding hydrogens is 304 g/mol. The first-order valence-electron chi connectivity index (χ1n) is 7.44. The van der Waals surface area contributed by atoms with Gasteiger partial charge in [0.1, 0.15) is 6.61 Å². The molecule has 1 fully saturated rings. The molecule has 0 aliphatic carbocycles. The summed E-state index contributed by atoms with van der Waals surface area (Å²) in [5.41, 5.74) is 0. The van der Waals surface area contributed by atoms with Crippen LogP contribution in [-0.2, 0) is 4.79 Å². The van der Waals surface area contributed by atoms with Crippen LogP contribution in [0.1, 0.15) is 12.8 Å². The van der Waals surface area contributed by atoms with Gasteiger partial charge in [0, 0.05) is 13.6 Å². The molecule has 1 saturated heterocycles. The Labute approximate surface area is 138 Å². The highest BCUT2D eigenvalue weighted by Gasteiger charge is 2.23. The first kappa shape index (κ1) is 18.6. The molecule has 6 heteroatoms. The third kappa shape index (κ3) is 5.07. The van der Waals surface area contributed by atoms with Crippen molar-refractivity contribution >= 4 is 18.3 Å². The molecule has 0 spiro atoms. The van der Waals surface area contributed by atoms with Gasteiger partial charge >= 0.3 is 0 Å². The summed E-state index contributed by atoms with van der Waals surface area (Å²) in [5, 5.41) is 3.27. The Kier molecular flexibility index (Phi) is 8.06. The molecular formula is C16H25ClN2O3. The molecule has 0 bridgehead atoms. The van der Waals surface area contributed by atoms with Gasteiger partial charge in [-0.25, -0.2) is 0 Å². The van der Waals surface area contributed by atoms with Crippen molar-refractivity contribution in [1.29, 1.82) is 0 Å². The highest BCUT2D eigenvalue weighted by atomic mass is 35.5. The number of para-hydroxylation sites is 2. The highest BCUT2D eigenvalue weighted by Crippen LogP contribution is 2.25. The van der Waals surface area contributed by atoms with Crippen molar-refractivity contribution in [3.63, 3.8) is 0 Å². The Morgan fingerprint density at radius 2 is 2.09 bits per heavy atom. The van der Waals surface area contributed by atoms with Crippen LogP contribution >= 0.6 is 12.4 Å². The molecule has 2 rings (SSSR count). The van der Waals surface area contributed by atoms with Crippen LogP contribution in [0.2, 0.25) is 0 Å². The molecule has 1 aliphatic heterocycles. The second-order valence-electron chi connectivity index (χ2n) is 5.30. The lowest BCUT2D eigenvalue weighted by Gasteiger charge is -2.27. The van der Waals surface area contributed by atoms with Crippen molar-refractivity contribution in [2.75, 3.05) is 40.4 Å². The topological polar surface area (TPSA) is 50.8 Å². The summed E-state index contributed by atoms with van der Waals surface area (Å²) >= 11 is 0. The Morgan fingerprint density at radius 1 is 1.36 bits per heavy atom. The molecule has 1 aliphatic rings. The zero-order valence-corrected chi connectivity index (χ0v) is 14.0. The zero-order chi connectivity index (χ0) is 15.1. The van der Waals surface area contributed by atoms with Crippen molar-refractivity contribution < 1.29 is 14.3 Å². The fraction of sp³-hybridized carbons (Fsp3) is 0.562. The molecule has 124 valence electrons. The molecule has 1 N–H and O–H groups in total. The largest absolute Gasteiger partial charge is 0.493 e. The maximum absolute atomic E-state index is 12.3. The van der Waals surface area contributed by atoms with Gasteiger partial charge in [-0.1, -0.05) is 12.1 Å². The summed E-state index contributed by atoms with van der Waals surface area (Å²) in [6, 6.07) is 7.53. The quantitative estimate of drug-likeness (QED) is 0.867. The van der Waals surface area contributed by atoms with E-state index in [-0.39, 0.29) is 24.2 Å². The molecule has 1 atom stereocenters. The van der Waals surface area contributed by atoms with Gasteiger partial charge in [-0.3, -0.25) is 4.79 Å². The number of methoxy groups -OCH3 is 1. The van der Waals surface area contributed by atoms with Crippen molar-refractivity contribution in [1.82, 2.24) is 10.2 Å². The number of piperidine rings is 1. The monoisotopic (exact) mass is 328 g/mol. The van der Waals surface area contributed by atoms with Gasteiger partial charge in [-0.15, -0.1) is 12.4 Å². The van der Waals surface area contributed by atoms with Crippen molar-refractivity contribution in [2.24, 2.45) is 5.92 Å². The second kappa shape index (κ2) is 9.54. The summed E-state index contributed by atoms with van der Waals surface area (Å²) in [6.45, 7) is 2.84. The van der Waals surface area contributed by atoms with Crippen LogP contribution in [0.25, 0.3) is 0 Å². The predicted molar refractivity (Wildman–Crippen MR) is 89.0 cm³/mol. The van der Waals surface area contributed by atoms with Crippen LogP contribution in [0.5, 0.6) is 11.5 Å². The molecule has 1 aromatic carbocycles. The second-order valence-corrected chi connectivity index (χ2v) is 5.30. The first-order valence-corrected chi connectivity index (χ1v) is 7.44. The van der Waals surface area contributed by atoms with Crippen LogP contribution in [-0.4, -0.2) is 51.2 Å². The number of nitrogens with one attached hydrogen (secondary N) is 1. The number of likely N-dealkylation sites (N-methyl/N-ethyl adjacent to an activating group) is 1. The number of nitrogens with zero attached hydrogens (tertiary/aromatic N) is 1. The fourth-order valence-electron chi connectivity index (χ4n) is 2.52. The van der Waals surface area contributed by atoms with Crippen LogP contribution in [0, 0.1) is 5.92 Å². The third-order valence-electron chi connectivity index (χ3n) is 3.78. The SMILES string of the molecule is COc1ccccc1OCCN(C)C(=O)C1CCCNC1.Cl. The molecule has 5 nitrogen and oxygen atoms in total. The minimum absolute atomic E-state index is 0. The number of amides is 1. The summed E-state index contributed by atoms with van der Waals surface area (Å²) in [6.07, 6.45) is 2.05. The zero-order valence-electron chi connectivity index (χ0n) is 13.2. The van der Waals surface area contributed by atoms with E-state index in [9.17, 15) is 4.79 Å². The lowest BCUT2D eigenvalue weighted by molar-refractivity contribution is -0.135. The van der Waals surface area contributed by atoms with Gasteiger partial charge in [0.15, 0.2) is 11.5 Å². The number of rotatable bonds is 6. The normalized spacial score (nSPS) is 17.3.